The number of nitriles is 1. The lowest BCUT2D eigenvalue weighted by Crippen LogP contribution is -2.17. The summed E-state index contributed by atoms with van der Waals surface area (Å²) in [6.07, 6.45) is -3.29. The highest BCUT2D eigenvalue weighted by Crippen LogP contribution is 2.24. The molecule has 1 aromatic rings. The number of alkyl halides is 3. The quantitative estimate of drug-likeness (QED) is 0.278. The first kappa shape index (κ1) is 17.5. The Kier molecular flexibility index (Phi) is 5.95. The molecule has 0 unspecified atom stereocenters. The lowest BCUT2D eigenvalue weighted by atomic mass is 10.2. The highest BCUT2D eigenvalue weighted by atomic mass is 32.1. The molecule has 2 N–H and O–H groups in total. The van der Waals surface area contributed by atoms with Crippen molar-refractivity contribution in [3.05, 3.63) is 48.3 Å². The van der Waals surface area contributed by atoms with Crippen LogP contribution in [0.2, 0.25) is 0 Å². The first-order valence-corrected chi connectivity index (χ1v) is 6.28. The molecule has 0 aliphatic rings. The van der Waals surface area contributed by atoms with Crippen molar-refractivity contribution in [1.29, 1.82) is 5.26 Å². The number of anilines is 1. The number of hydrogen-bond acceptors (Lipinski definition) is 4. The van der Waals surface area contributed by atoms with Gasteiger partial charge in [-0.05, 0) is 24.3 Å². The summed E-state index contributed by atoms with van der Waals surface area (Å²) in [5, 5.41) is 21.3. The predicted octanol–water partition coefficient (Wildman–Crippen LogP) is 4.24. The van der Waals surface area contributed by atoms with E-state index >= 15 is 0 Å². The van der Waals surface area contributed by atoms with Crippen LogP contribution in [0.25, 0.3) is 0 Å². The summed E-state index contributed by atoms with van der Waals surface area (Å²) in [5.41, 5.74) is 0.212. The minimum Gasteiger partial charge on any atom is -0.510 e. The van der Waals surface area contributed by atoms with Crippen molar-refractivity contribution in [3.8, 4) is 11.8 Å². The second-order valence-electron chi connectivity index (χ2n) is 3.95. The number of nitrogens with zero attached hydrogens (tertiary/aromatic N) is 1. The molecule has 0 bridgehead atoms. The third-order valence-electron chi connectivity index (χ3n) is 2.31. The Morgan fingerprint density at radius 3 is 2.45 bits per heavy atom. The normalized spacial score (nSPS) is 11.9. The molecule has 0 aliphatic carbocycles. The summed E-state index contributed by atoms with van der Waals surface area (Å²) in [5.74, 6) is -0.624. The van der Waals surface area contributed by atoms with Crippen molar-refractivity contribution < 1.29 is 23.0 Å². The lowest BCUT2D eigenvalue weighted by molar-refractivity contribution is -0.274. The predicted molar refractivity (Wildman–Crippen MR) is 79.4 cm³/mol. The zero-order valence-corrected chi connectivity index (χ0v) is 12.0. The summed E-state index contributed by atoms with van der Waals surface area (Å²) in [4.78, 5) is -0.0497. The molecule has 0 saturated heterocycles. The smallest absolute Gasteiger partial charge is 0.510 e. The number of benzene rings is 1. The van der Waals surface area contributed by atoms with Crippen LogP contribution in [0, 0.1) is 11.3 Å². The summed E-state index contributed by atoms with van der Waals surface area (Å²) in [7, 11) is 0. The van der Waals surface area contributed by atoms with Crippen LogP contribution < -0.4 is 10.1 Å². The van der Waals surface area contributed by atoms with Crippen LogP contribution in [0.1, 0.15) is 6.42 Å². The van der Waals surface area contributed by atoms with Gasteiger partial charge in [0.1, 0.15) is 28.1 Å². The molecule has 4 nitrogen and oxygen atoms in total. The fourth-order valence-electron chi connectivity index (χ4n) is 1.42. The van der Waals surface area contributed by atoms with Gasteiger partial charge in [0.2, 0.25) is 0 Å². The second-order valence-corrected chi connectivity index (χ2v) is 4.36. The van der Waals surface area contributed by atoms with Gasteiger partial charge in [0.25, 0.3) is 0 Å². The van der Waals surface area contributed by atoms with Gasteiger partial charge >= 0.3 is 6.36 Å². The Bertz CT molecular complexity index is 631. The summed E-state index contributed by atoms with van der Waals surface area (Å²) in [6.45, 7) is 3.43. The van der Waals surface area contributed by atoms with Gasteiger partial charge in [-0.25, -0.2) is 0 Å². The summed E-state index contributed by atoms with van der Waals surface area (Å²) < 4.78 is 39.8. The summed E-state index contributed by atoms with van der Waals surface area (Å²) >= 11 is 4.97. The Morgan fingerprint density at radius 1 is 1.41 bits per heavy atom. The maximum absolute atomic E-state index is 12.0. The van der Waals surface area contributed by atoms with E-state index in [1.54, 1.807) is 6.07 Å². The topological polar surface area (TPSA) is 65.3 Å². The van der Waals surface area contributed by atoms with Crippen molar-refractivity contribution in [3.63, 3.8) is 0 Å². The Morgan fingerprint density at radius 2 is 2.00 bits per heavy atom. The molecule has 0 aliphatic heterocycles. The molecular formula is C14H11F3N2O2S. The average molecular weight is 328 g/mol. The molecule has 1 rings (SSSR count). The molecule has 22 heavy (non-hydrogen) atoms. The van der Waals surface area contributed by atoms with E-state index in [1.165, 1.54) is 18.2 Å². The number of rotatable bonds is 5. The number of ether oxygens (including phenoxy) is 1. The largest absolute Gasteiger partial charge is 0.573 e. The maximum Gasteiger partial charge on any atom is 0.573 e. The zero-order chi connectivity index (χ0) is 16.8. The average Bonchev–Trinajstić information content (AvgIpc) is 2.40. The van der Waals surface area contributed by atoms with Gasteiger partial charge in [0, 0.05) is 12.1 Å². The van der Waals surface area contributed by atoms with E-state index in [1.807, 2.05) is 0 Å². The molecule has 8 heteroatoms. The Hall–Kier alpha value is -2.53. The van der Waals surface area contributed by atoms with Crippen LogP contribution in [0.15, 0.2) is 48.3 Å². The fourth-order valence-corrected chi connectivity index (χ4v) is 1.70. The number of halogens is 3. The minimum atomic E-state index is -4.77. The van der Waals surface area contributed by atoms with E-state index in [2.05, 4.69) is 16.6 Å². The van der Waals surface area contributed by atoms with Crippen molar-refractivity contribution in [2.75, 3.05) is 5.32 Å². The molecule has 1 aromatic carbocycles. The molecule has 0 heterocycles. The Balaban J connectivity index is 2.83. The van der Waals surface area contributed by atoms with Gasteiger partial charge in [-0.2, -0.15) is 5.26 Å². The van der Waals surface area contributed by atoms with Crippen LogP contribution in [0.3, 0.4) is 0 Å². The van der Waals surface area contributed by atoms with Gasteiger partial charge in [0.15, 0.2) is 0 Å². The first-order valence-electron chi connectivity index (χ1n) is 5.87. The molecule has 116 valence electrons. The van der Waals surface area contributed by atoms with Gasteiger partial charge in [-0.15, -0.1) is 19.8 Å². The standard InChI is InChI=1S/C14H11F3N2O2S/c1-2-3-12(20)11(8-18)13(22)19-9-4-6-10(7-5-9)21-14(15,16)17/h2,4-7,20H,1,3H2,(H,19,22). The number of nitrogens with one attached hydrogen (secondary N) is 1. The molecule has 0 aromatic heterocycles. The molecule has 0 amide bonds. The maximum atomic E-state index is 12.0. The van der Waals surface area contributed by atoms with Crippen LogP contribution in [0.4, 0.5) is 18.9 Å². The van der Waals surface area contributed by atoms with Gasteiger partial charge in [0.05, 0.1) is 0 Å². The third-order valence-corrected chi connectivity index (χ3v) is 2.62. The monoisotopic (exact) mass is 328 g/mol. The molecule has 0 fully saturated rings. The van der Waals surface area contributed by atoms with Gasteiger partial charge < -0.3 is 15.2 Å². The van der Waals surface area contributed by atoms with Gasteiger partial charge in [-0.1, -0.05) is 18.3 Å². The molecule has 0 radical (unpaired) electrons. The SMILES string of the molecule is C=CCC(O)=C(C#N)C(=S)Nc1ccc(OC(F)(F)F)cc1. The van der Waals surface area contributed by atoms with Crippen molar-refractivity contribution in [1.82, 2.24) is 0 Å². The Labute approximate surface area is 130 Å². The highest BCUT2D eigenvalue weighted by Gasteiger charge is 2.30. The zero-order valence-electron chi connectivity index (χ0n) is 11.1. The fraction of sp³-hybridized carbons (Fsp3) is 0.143. The van der Waals surface area contributed by atoms with E-state index < -0.39 is 6.36 Å². The molecular weight excluding hydrogens is 317 g/mol. The van der Waals surface area contributed by atoms with Crippen molar-refractivity contribution in [2.45, 2.75) is 12.8 Å². The van der Waals surface area contributed by atoms with E-state index in [0.29, 0.717) is 5.69 Å². The highest BCUT2D eigenvalue weighted by molar-refractivity contribution is 7.81. The third kappa shape index (κ3) is 5.46. The van der Waals surface area contributed by atoms with E-state index in [9.17, 15) is 18.3 Å². The number of aliphatic hydroxyl groups is 1. The molecule has 0 saturated carbocycles. The molecule has 0 spiro atoms. The second kappa shape index (κ2) is 7.47. The lowest BCUT2D eigenvalue weighted by Gasteiger charge is -2.11. The first-order chi connectivity index (χ1) is 10.3. The van der Waals surface area contributed by atoms with E-state index in [0.717, 1.165) is 12.1 Å². The van der Waals surface area contributed by atoms with Crippen LogP contribution in [-0.2, 0) is 0 Å². The number of thiocarbonyl (C=S) groups is 1. The number of aliphatic hydroxyl groups excluding tert-OH is 1. The van der Waals surface area contributed by atoms with Crippen LogP contribution in [-0.4, -0.2) is 16.5 Å². The summed E-state index contributed by atoms with van der Waals surface area (Å²) in [6, 6.07) is 6.54. The van der Waals surface area contributed by atoms with E-state index in [-0.39, 0.29) is 28.5 Å². The number of allylic oxidation sites excluding steroid dienone is 1. The van der Waals surface area contributed by atoms with Crippen molar-refractivity contribution >= 4 is 22.9 Å². The van der Waals surface area contributed by atoms with E-state index in [4.69, 9.17) is 17.5 Å². The minimum absolute atomic E-state index is 0.0497. The molecule has 0 atom stereocenters. The number of hydrogen-bond donors (Lipinski definition) is 2. The van der Waals surface area contributed by atoms with Crippen LogP contribution >= 0.6 is 12.2 Å². The van der Waals surface area contributed by atoms with Crippen LogP contribution in [0.5, 0.6) is 5.75 Å². The van der Waals surface area contributed by atoms with Crippen molar-refractivity contribution in [2.24, 2.45) is 0 Å². The van der Waals surface area contributed by atoms with Gasteiger partial charge in [-0.3, -0.25) is 0 Å².